The van der Waals surface area contributed by atoms with Crippen molar-refractivity contribution in [2.45, 2.75) is 25.8 Å². The second-order valence-electron chi connectivity index (χ2n) is 7.05. The SMILES string of the molecule is CCN(CC(=O)O)C1CCN(C(=O)Nc2ccc(-c3ccccc3)cc2)CC1. The molecule has 0 spiro atoms. The van der Waals surface area contributed by atoms with Gasteiger partial charge in [-0.3, -0.25) is 9.69 Å². The van der Waals surface area contributed by atoms with Crippen LogP contribution in [-0.4, -0.2) is 59.1 Å². The molecule has 2 N–H and O–H groups in total. The van der Waals surface area contributed by atoms with Crippen LogP contribution in [0.1, 0.15) is 19.8 Å². The van der Waals surface area contributed by atoms with E-state index in [0.29, 0.717) is 19.6 Å². The lowest BCUT2D eigenvalue weighted by atomic mass is 10.0. The first kappa shape index (κ1) is 19.9. The topological polar surface area (TPSA) is 72.9 Å². The molecule has 0 aromatic heterocycles. The van der Waals surface area contributed by atoms with E-state index in [9.17, 15) is 9.59 Å². The number of aliphatic carboxylic acids is 1. The number of nitrogens with one attached hydrogen (secondary N) is 1. The number of hydrogen-bond donors (Lipinski definition) is 2. The van der Waals surface area contributed by atoms with E-state index in [1.54, 1.807) is 4.90 Å². The smallest absolute Gasteiger partial charge is 0.321 e. The normalized spacial score (nSPS) is 14.9. The molecule has 2 aromatic rings. The molecule has 3 rings (SSSR count). The second-order valence-corrected chi connectivity index (χ2v) is 7.05. The molecule has 6 nitrogen and oxygen atoms in total. The zero-order chi connectivity index (χ0) is 19.9. The number of anilines is 1. The van der Waals surface area contributed by atoms with E-state index in [-0.39, 0.29) is 18.6 Å². The molecule has 2 amide bonds. The second kappa shape index (κ2) is 9.37. The number of nitrogens with zero attached hydrogens (tertiary/aromatic N) is 2. The number of carboxylic acids is 1. The molecule has 2 aromatic carbocycles. The van der Waals surface area contributed by atoms with Gasteiger partial charge < -0.3 is 15.3 Å². The third-order valence-corrected chi connectivity index (χ3v) is 5.26. The summed E-state index contributed by atoms with van der Waals surface area (Å²) in [5.41, 5.74) is 3.02. The first-order valence-corrected chi connectivity index (χ1v) is 9.74. The Bertz CT molecular complexity index is 784. The molecule has 1 aliphatic heterocycles. The van der Waals surface area contributed by atoms with Gasteiger partial charge in [-0.15, -0.1) is 0 Å². The average molecular weight is 381 g/mol. The number of carbonyl (C=O) groups is 2. The van der Waals surface area contributed by atoms with Crippen molar-refractivity contribution >= 4 is 17.7 Å². The molecule has 0 radical (unpaired) electrons. The van der Waals surface area contributed by atoms with Gasteiger partial charge in [0, 0.05) is 24.8 Å². The van der Waals surface area contributed by atoms with E-state index in [2.05, 4.69) is 17.4 Å². The molecule has 0 saturated carbocycles. The Morgan fingerprint density at radius 1 is 1.04 bits per heavy atom. The molecule has 0 bridgehead atoms. The summed E-state index contributed by atoms with van der Waals surface area (Å²) < 4.78 is 0. The Labute approximate surface area is 165 Å². The van der Waals surface area contributed by atoms with E-state index >= 15 is 0 Å². The Kier molecular flexibility index (Phi) is 6.66. The van der Waals surface area contributed by atoms with Crippen LogP contribution in [-0.2, 0) is 4.79 Å². The van der Waals surface area contributed by atoms with Crippen molar-refractivity contribution in [3.05, 3.63) is 54.6 Å². The lowest BCUT2D eigenvalue weighted by Gasteiger charge is -2.37. The summed E-state index contributed by atoms with van der Waals surface area (Å²) in [7, 11) is 0. The van der Waals surface area contributed by atoms with Crippen LogP contribution in [0, 0.1) is 0 Å². The van der Waals surface area contributed by atoms with Crippen LogP contribution in [0.15, 0.2) is 54.6 Å². The van der Waals surface area contributed by atoms with Crippen molar-refractivity contribution < 1.29 is 14.7 Å². The van der Waals surface area contributed by atoms with Gasteiger partial charge in [0.25, 0.3) is 0 Å². The molecule has 1 aliphatic rings. The maximum atomic E-state index is 12.6. The average Bonchev–Trinajstić information content (AvgIpc) is 2.73. The number of rotatable bonds is 6. The van der Waals surface area contributed by atoms with E-state index < -0.39 is 5.97 Å². The Balaban J connectivity index is 1.52. The number of carboxylic acid groups (broad SMARTS) is 1. The maximum absolute atomic E-state index is 12.6. The quantitative estimate of drug-likeness (QED) is 0.799. The van der Waals surface area contributed by atoms with E-state index in [4.69, 9.17) is 5.11 Å². The maximum Gasteiger partial charge on any atom is 0.321 e. The van der Waals surface area contributed by atoms with Gasteiger partial charge in [-0.1, -0.05) is 49.4 Å². The van der Waals surface area contributed by atoms with Gasteiger partial charge in [0.2, 0.25) is 0 Å². The fraction of sp³-hybridized carbons (Fsp3) is 0.364. The van der Waals surface area contributed by atoms with Crippen LogP contribution in [0.3, 0.4) is 0 Å². The third kappa shape index (κ3) is 5.10. The number of piperidine rings is 1. The van der Waals surface area contributed by atoms with Gasteiger partial charge in [0.15, 0.2) is 0 Å². The number of amides is 2. The first-order chi connectivity index (χ1) is 13.6. The van der Waals surface area contributed by atoms with Gasteiger partial charge in [-0.05, 0) is 42.6 Å². The summed E-state index contributed by atoms with van der Waals surface area (Å²) >= 11 is 0. The molecule has 1 fully saturated rings. The zero-order valence-corrected chi connectivity index (χ0v) is 16.2. The highest BCUT2D eigenvalue weighted by Crippen LogP contribution is 2.22. The van der Waals surface area contributed by atoms with Crippen LogP contribution in [0.4, 0.5) is 10.5 Å². The monoisotopic (exact) mass is 381 g/mol. The molecule has 28 heavy (non-hydrogen) atoms. The minimum absolute atomic E-state index is 0.0567. The fourth-order valence-corrected chi connectivity index (χ4v) is 3.69. The fourth-order valence-electron chi connectivity index (χ4n) is 3.69. The molecular weight excluding hydrogens is 354 g/mol. The van der Waals surface area contributed by atoms with Crippen molar-refractivity contribution in [1.82, 2.24) is 9.80 Å². The summed E-state index contributed by atoms with van der Waals surface area (Å²) in [4.78, 5) is 27.3. The van der Waals surface area contributed by atoms with Crippen molar-refractivity contribution in [1.29, 1.82) is 0 Å². The van der Waals surface area contributed by atoms with Gasteiger partial charge in [-0.25, -0.2) is 4.79 Å². The first-order valence-electron chi connectivity index (χ1n) is 9.74. The summed E-state index contributed by atoms with van der Waals surface area (Å²) in [6.07, 6.45) is 1.59. The molecule has 1 saturated heterocycles. The van der Waals surface area contributed by atoms with Crippen molar-refractivity contribution in [2.24, 2.45) is 0 Å². The van der Waals surface area contributed by atoms with Crippen molar-refractivity contribution in [3.63, 3.8) is 0 Å². The number of carbonyl (C=O) groups excluding carboxylic acids is 1. The van der Waals surface area contributed by atoms with Crippen molar-refractivity contribution in [2.75, 3.05) is 31.5 Å². The van der Waals surface area contributed by atoms with Crippen LogP contribution >= 0.6 is 0 Å². The molecule has 6 heteroatoms. The Morgan fingerprint density at radius 2 is 1.64 bits per heavy atom. The Morgan fingerprint density at radius 3 is 2.21 bits per heavy atom. The third-order valence-electron chi connectivity index (χ3n) is 5.26. The highest BCUT2D eigenvalue weighted by Gasteiger charge is 2.27. The molecule has 0 atom stereocenters. The van der Waals surface area contributed by atoms with Gasteiger partial charge in [0.05, 0.1) is 6.54 Å². The predicted molar refractivity (Wildman–Crippen MR) is 110 cm³/mol. The molecule has 0 unspecified atom stereocenters. The van der Waals surface area contributed by atoms with E-state index in [1.165, 1.54) is 0 Å². The summed E-state index contributed by atoms with van der Waals surface area (Å²) in [6, 6.07) is 18.1. The molecule has 1 heterocycles. The number of likely N-dealkylation sites (tertiary alicyclic amines) is 1. The summed E-state index contributed by atoms with van der Waals surface area (Å²) in [6.45, 7) is 4.00. The number of hydrogen-bond acceptors (Lipinski definition) is 3. The van der Waals surface area contributed by atoms with Gasteiger partial charge >= 0.3 is 12.0 Å². The molecule has 0 aliphatic carbocycles. The highest BCUT2D eigenvalue weighted by molar-refractivity contribution is 5.89. The van der Waals surface area contributed by atoms with Crippen molar-refractivity contribution in [3.8, 4) is 11.1 Å². The number of urea groups is 1. The lowest BCUT2D eigenvalue weighted by molar-refractivity contribution is -0.139. The van der Waals surface area contributed by atoms with E-state index in [0.717, 1.165) is 29.7 Å². The van der Waals surface area contributed by atoms with Crippen LogP contribution < -0.4 is 5.32 Å². The summed E-state index contributed by atoms with van der Waals surface area (Å²) in [5, 5.41) is 12.0. The van der Waals surface area contributed by atoms with Crippen LogP contribution in [0.2, 0.25) is 0 Å². The highest BCUT2D eigenvalue weighted by atomic mass is 16.4. The van der Waals surface area contributed by atoms with Gasteiger partial charge in [-0.2, -0.15) is 0 Å². The van der Waals surface area contributed by atoms with Gasteiger partial charge in [0.1, 0.15) is 0 Å². The summed E-state index contributed by atoms with van der Waals surface area (Å²) in [5.74, 6) is -0.805. The minimum Gasteiger partial charge on any atom is -0.480 e. The lowest BCUT2D eigenvalue weighted by Crippen LogP contribution is -2.49. The van der Waals surface area contributed by atoms with Crippen LogP contribution in [0.5, 0.6) is 0 Å². The largest absolute Gasteiger partial charge is 0.480 e. The Hall–Kier alpha value is -2.86. The number of benzene rings is 2. The van der Waals surface area contributed by atoms with E-state index in [1.807, 2.05) is 54.3 Å². The molecule has 148 valence electrons. The zero-order valence-electron chi connectivity index (χ0n) is 16.2. The minimum atomic E-state index is -0.805. The van der Waals surface area contributed by atoms with Crippen LogP contribution in [0.25, 0.3) is 11.1 Å². The molecular formula is C22H27N3O3. The number of likely N-dealkylation sites (N-methyl/N-ethyl adjacent to an activating group) is 1. The standard InChI is InChI=1S/C22H27N3O3/c1-2-24(16-21(26)27)20-12-14-25(15-13-20)22(28)23-19-10-8-18(9-11-19)17-6-4-3-5-7-17/h3-11,20H,2,12-16H2,1H3,(H,23,28)(H,26,27). The predicted octanol–water partition coefficient (Wildman–Crippen LogP) is 3.76.